The Labute approximate surface area is 77.8 Å². The molecule has 13 heavy (non-hydrogen) atoms. The summed E-state index contributed by atoms with van der Waals surface area (Å²) in [5.41, 5.74) is 6.48. The average Bonchev–Trinajstić information content (AvgIpc) is 2.16. The lowest BCUT2D eigenvalue weighted by molar-refractivity contribution is 0.265. The molecule has 0 amide bonds. The predicted molar refractivity (Wildman–Crippen MR) is 53.1 cm³/mol. The summed E-state index contributed by atoms with van der Waals surface area (Å²) in [7, 11) is 0. The topological polar surface area (TPSA) is 41.3 Å². The van der Waals surface area contributed by atoms with Crippen molar-refractivity contribution in [2.45, 2.75) is 13.5 Å². The van der Waals surface area contributed by atoms with E-state index in [-0.39, 0.29) is 0 Å². The molecule has 2 rings (SSSR count). The lowest BCUT2D eigenvalue weighted by Gasteiger charge is -2.23. The second-order valence-electron chi connectivity index (χ2n) is 3.28. The molecule has 0 saturated heterocycles. The van der Waals surface area contributed by atoms with Gasteiger partial charge in [-0.2, -0.15) is 5.53 Å². The van der Waals surface area contributed by atoms with Gasteiger partial charge in [-0.25, -0.2) is 0 Å². The zero-order chi connectivity index (χ0) is 9.26. The number of nitrogens with two attached hydrogens (primary N) is 1. The maximum absolute atomic E-state index is 5.32. The summed E-state index contributed by atoms with van der Waals surface area (Å²) in [6.45, 7) is 2.92. The molecule has 0 unspecified atom stereocenters. The maximum Gasteiger partial charge on any atom is 0.0607 e. The standard InChI is InChI=1S/C10H13N3/c1-8-2-3-9-4-5-13(12-11)7-10(9)6-8/h2-6,12H,7,11H2,1H3. The van der Waals surface area contributed by atoms with Gasteiger partial charge < -0.3 is 0 Å². The van der Waals surface area contributed by atoms with Crippen LogP contribution < -0.4 is 11.4 Å². The number of benzene rings is 1. The van der Waals surface area contributed by atoms with E-state index in [2.05, 4.69) is 36.7 Å². The van der Waals surface area contributed by atoms with Gasteiger partial charge in [0.05, 0.1) is 6.54 Å². The monoisotopic (exact) mass is 175 g/mol. The first-order valence-corrected chi connectivity index (χ1v) is 4.30. The van der Waals surface area contributed by atoms with Gasteiger partial charge in [-0.1, -0.05) is 23.8 Å². The van der Waals surface area contributed by atoms with Gasteiger partial charge >= 0.3 is 0 Å². The Morgan fingerprint density at radius 1 is 1.46 bits per heavy atom. The maximum atomic E-state index is 5.32. The number of hydrogen-bond acceptors (Lipinski definition) is 3. The highest BCUT2D eigenvalue weighted by atomic mass is 15.6. The van der Waals surface area contributed by atoms with Crippen LogP contribution in [0.15, 0.2) is 24.4 Å². The second-order valence-corrected chi connectivity index (χ2v) is 3.28. The summed E-state index contributed by atoms with van der Waals surface area (Å²) in [6, 6.07) is 6.44. The Hall–Kier alpha value is -1.32. The zero-order valence-corrected chi connectivity index (χ0v) is 7.62. The van der Waals surface area contributed by atoms with E-state index in [4.69, 9.17) is 5.84 Å². The molecule has 1 heterocycles. The number of hydrazine groups is 2. The third-order valence-corrected chi connectivity index (χ3v) is 2.24. The molecular formula is C10H13N3. The van der Waals surface area contributed by atoms with Gasteiger partial charge in [-0.15, -0.1) is 0 Å². The normalized spacial score (nSPS) is 14.5. The predicted octanol–water partition coefficient (Wildman–Crippen LogP) is 1.16. The molecule has 1 aliphatic rings. The van der Waals surface area contributed by atoms with E-state index in [1.807, 2.05) is 11.2 Å². The summed E-state index contributed by atoms with van der Waals surface area (Å²) in [5.74, 6) is 5.32. The first kappa shape index (κ1) is 8.29. The number of aryl methyl sites for hydroxylation is 1. The molecule has 3 N–H and O–H groups in total. The minimum Gasteiger partial charge on any atom is -0.298 e. The molecule has 1 aliphatic heterocycles. The van der Waals surface area contributed by atoms with Crippen molar-refractivity contribution in [2.75, 3.05) is 0 Å². The van der Waals surface area contributed by atoms with Crippen molar-refractivity contribution < 1.29 is 0 Å². The molecule has 0 aromatic heterocycles. The fourth-order valence-corrected chi connectivity index (χ4v) is 1.53. The van der Waals surface area contributed by atoms with Gasteiger partial charge in [0.25, 0.3) is 0 Å². The van der Waals surface area contributed by atoms with E-state index in [0.717, 1.165) is 6.54 Å². The number of hydrogen-bond donors (Lipinski definition) is 2. The Balaban J connectivity index is 2.36. The van der Waals surface area contributed by atoms with Crippen LogP contribution in [0.3, 0.4) is 0 Å². The molecule has 0 fully saturated rings. The van der Waals surface area contributed by atoms with Crippen LogP contribution in [0.5, 0.6) is 0 Å². The van der Waals surface area contributed by atoms with Crippen LogP contribution in [-0.4, -0.2) is 5.01 Å². The SMILES string of the molecule is Cc1ccc2c(c1)CN(NN)C=C2. The smallest absolute Gasteiger partial charge is 0.0607 e. The highest BCUT2D eigenvalue weighted by Gasteiger charge is 2.08. The van der Waals surface area contributed by atoms with E-state index in [0.29, 0.717) is 0 Å². The number of nitrogens with one attached hydrogen (secondary N) is 1. The molecule has 0 bridgehead atoms. The number of nitrogens with zero attached hydrogens (tertiary/aromatic N) is 1. The van der Waals surface area contributed by atoms with Crippen LogP contribution in [-0.2, 0) is 6.54 Å². The van der Waals surface area contributed by atoms with Crippen LogP contribution in [0.4, 0.5) is 0 Å². The first-order chi connectivity index (χ1) is 6.29. The molecule has 1 aromatic carbocycles. The highest BCUT2D eigenvalue weighted by molar-refractivity contribution is 5.56. The fraction of sp³-hybridized carbons (Fsp3) is 0.200. The van der Waals surface area contributed by atoms with Crippen LogP contribution in [0.25, 0.3) is 6.08 Å². The van der Waals surface area contributed by atoms with E-state index in [1.165, 1.54) is 16.7 Å². The van der Waals surface area contributed by atoms with Crippen LogP contribution >= 0.6 is 0 Å². The van der Waals surface area contributed by atoms with Gasteiger partial charge in [0.1, 0.15) is 0 Å². The molecule has 3 nitrogen and oxygen atoms in total. The van der Waals surface area contributed by atoms with Crippen LogP contribution in [0, 0.1) is 6.92 Å². The molecule has 0 saturated carbocycles. The van der Waals surface area contributed by atoms with E-state index >= 15 is 0 Å². The van der Waals surface area contributed by atoms with Gasteiger partial charge in [-0.05, 0) is 24.1 Å². The lowest BCUT2D eigenvalue weighted by Crippen LogP contribution is -2.39. The average molecular weight is 175 g/mol. The fourth-order valence-electron chi connectivity index (χ4n) is 1.53. The molecular weight excluding hydrogens is 162 g/mol. The highest BCUT2D eigenvalue weighted by Crippen LogP contribution is 2.19. The molecule has 68 valence electrons. The van der Waals surface area contributed by atoms with Crippen LogP contribution in [0.1, 0.15) is 16.7 Å². The largest absolute Gasteiger partial charge is 0.298 e. The molecule has 0 aliphatic carbocycles. The van der Waals surface area contributed by atoms with Gasteiger partial charge in [0, 0.05) is 6.20 Å². The van der Waals surface area contributed by atoms with Crippen molar-refractivity contribution in [3.8, 4) is 0 Å². The quantitative estimate of drug-likeness (QED) is 0.497. The van der Waals surface area contributed by atoms with Crippen LogP contribution in [0.2, 0.25) is 0 Å². The van der Waals surface area contributed by atoms with Crippen molar-refractivity contribution in [3.63, 3.8) is 0 Å². The summed E-state index contributed by atoms with van der Waals surface area (Å²) < 4.78 is 0. The summed E-state index contributed by atoms with van der Waals surface area (Å²) in [4.78, 5) is 0. The zero-order valence-electron chi connectivity index (χ0n) is 7.62. The molecule has 0 spiro atoms. The Morgan fingerprint density at radius 2 is 2.31 bits per heavy atom. The lowest BCUT2D eigenvalue weighted by atomic mass is 10.0. The van der Waals surface area contributed by atoms with E-state index in [9.17, 15) is 0 Å². The van der Waals surface area contributed by atoms with Gasteiger partial charge in [-0.3, -0.25) is 10.9 Å². The molecule has 0 radical (unpaired) electrons. The second kappa shape index (κ2) is 3.20. The summed E-state index contributed by atoms with van der Waals surface area (Å²) in [5, 5.41) is 1.85. The first-order valence-electron chi connectivity index (χ1n) is 4.30. The third-order valence-electron chi connectivity index (χ3n) is 2.24. The molecule has 1 aromatic rings. The summed E-state index contributed by atoms with van der Waals surface area (Å²) >= 11 is 0. The Kier molecular flexibility index (Phi) is 2.04. The number of rotatable bonds is 1. The van der Waals surface area contributed by atoms with E-state index < -0.39 is 0 Å². The molecule has 3 heteroatoms. The third kappa shape index (κ3) is 1.56. The van der Waals surface area contributed by atoms with Gasteiger partial charge in [0.2, 0.25) is 0 Å². The van der Waals surface area contributed by atoms with Crippen molar-refractivity contribution in [1.82, 2.24) is 10.5 Å². The molecule has 0 atom stereocenters. The van der Waals surface area contributed by atoms with Gasteiger partial charge in [0.15, 0.2) is 0 Å². The summed E-state index contributed by atoms with van der Waals surface area (Å²) in [6.07, 6.45) is 4.00. The van der Waals surface area contributed by atoms with Crippen molar-refractivity contribution >= 4 is 6.08 Å². The Bertz CT molecular complexity index is 344. The number of fused-ring (bicyclic) bond motifs is 1. The minimum atomic E-state index is 0.823. The van der Waals surface area contributed by atoms with E-state index in [1.54, 1.807) is 0 Å². The Morgan fingerprint density at radius 3 is 3.08 bits per heavy atom. The minimum absolute atomic E-state index is 0.823. The van der Waals surface area contributed by atoms with Crippen molar-refractivity contribution in [2.24, 2.45) is 5.84 Å². The van der Waals surface area contributed by atoms with Crippen molar-refractivity contribution in [3.05, 3.63) is 41.1 Å². The van der Waals surface area contributed by atoms with Crippen molar-refractivity contribution in [1.29, 1.82) is 0 Å².